The van der Waals surface area contributed by atoms with E-state index in [0.29, 0.717) is 13.2 Å². The van der Waals surface area contributed by atoms with Gasteiger partial charge in [-0.25, -0.2) is 0 Å². The van der Waals surface area contributed by atoms with Crippen molar-refractivity contribution in [3.05, 3.63) is 24.3 Å². The minimum Gasteiger partial charge on any atom is -0.493 e. The molecule has 2 N–H and O–H groups in total. The zero-order valence-corrected chi connectivity index (χ0v) is 16.5. The van der Waals surface area contributed by atoms with Gasteiger partial charge >= 0.3 is 0 Å². The van der Waals surface area contributed by atoms with Gasteiger partial charge in [-0.15, -0.1) is 0 Å². The summed E-state index contributed by atoms with van der Waals surface area (Å²) in [6, 6.07) is 7.95. The highest BCUT2D eigenvalue weighted by molar-refractivity contribution is 5.93. The number of likely N-dealkylation sites (tertiary alicyclic amines) is 1. The van der Waals surface area contributed by atoms with Gasteiger partial charge in [0.2, 0.25) is 0 Å². The topological polar surface area (TPSA) is 58.1 Å². The van der Waals surface area contributed by atoms with Crippen LogP contribution in [0.5, 0.6) is 5.75 Å². The van der Waals surface area contributed by atoms with E-state index in [9.17, 15) is 0 Å². The predicted molar refractivity (Wildman–Crippen MR) is 108 cm³/mol. The standard InChI is InChI=1S/C20H34N4O2/c1-17-8-11-24(12-9-17)13-10-22-20(21-2)23-18-6-4-7-19(16-18)26-15-5-14-25-3/h4,6-7,16-17H,5,8-15H2,1-3H3,(H2,21,22,23). The zero-order chi connectivity index (χ0) is 18.6. The lowest BCUT2D eigenvalue weighted by molar-refractivity contribution is 0.172. The first-order valence-corrected chi connectivity index (χ1v) is 9.63. The Balaban J connectivity index is 1.73. The molecule has 0 bridgehead atoms. The van der Waals surface area contributed by atoms with Crippen LogP contribution in [-0.2, 0) is 4.74 Å². The van der Waals surface area contributed by atoms with Crippen molar-refractivity contribution < 1.29 is 9.47 Å². The molecule has 0 unspecified atom stereocenters. The Kier molecular flexibility index (Phi) is 9.28. The number of guanidine groups is 1. The molecule has 6 nitrogen and oxygen atoms in total. The van der Waals surface area contributed by atoms with Crippen LogP contribution in [0, 0.1) is 5.92 Å². The summed E-state index contributed by atoms with van der Waals surface area (Å²) in [6.45, 7) is 8.06. The molecule has 2 rings (SSSR count). The molecule has 0 aliphatic carbocycles. The van der Waals surface area contributed by atoms with E-state index in [1.165, 1.54) is 25.9 Å². The largest absolute Gasteiger partial charge is 0.493 e. The molecule has 1 aromatic carbocycles. The Bertz CT molecular complexity index is 542. The van der Waals surface area contributed by atoms with Crippen LogP contribution in [0.15, 0.2) is 29.3 Å². The average molecular weight is 363 g/mol. The summed E-state index contributed by atoms with van der Waals surface area (Å²) < 4.78 is 10.8. The SMILES string of the molecule is CN=C(NCCN1CCC(C)CC1)Nc1cccc(OCCCOC)c1. The first-order chi connectivity index (χ1) is 12.7. The smallest absolute Gasteiger partial charge is 0.195 e. The fourth-order valence-corrected chi connectivity index (χ4v) is 2.99. The van der Waals surface area contributed by atoms with Crippen LogP contribution < -0.4 is 15.4 Å². The fourth-order valence-electron chi connectivity index (χ4n) is 2.99. The second kappa shape index (κ2) is 11.8. The van der Waals surface area contributed by atoms with Gasteiger partial charge in [0.15, 0.2) is 5.96 Å². The summed E-state index contributed by atoms with van der Waals surface area (Å²) in [7, 11) is 3.50. The van der Waals surface area contributed by atoms with Crippen LogP contribution >= 0.6 is 0 Å². The number of benzene rings is 1. The molecule has 146 valence electrons. The Hall–Kier alpha value is -1.79. The van der Waals surface area contributed by atoms with Crippen LogP contribution in [0.1, 0.15) is 26.2 Å². The second-order valence-electron chi connectivity index (χ2n) is 6.87. The molecular formula is C20H34N4O2. The number of ether oxygens (including phenoxy) is 2. The second-order valence-corrected chi connectivity index (χ2v) is 6.87. The summed E-state index contributed by atoms with van der Waals surface area (Å²) in [5.74, 6) is 2.51. The quantitative estimate of drug-likeness (QED) is 0.402. The third kappa shape index (κ3) is 7.62. The van der Waals surface area contributed by atoms with Crippen LogP contribution in [0.4, 0.5) is 5.69 Å². The van der Waals surface area contributed by atoms with Crippen molar-refractivity contribution in [3.8, 4) is 5.75 Å². The summed E-state index contributed by atoms with van der Waals surface area (Å²) in [5.41, 5.74) is 0.967. The van der Waals surface area contributed by atoms with Crippen LogP contribution in [-0.4, -0.2) is 64.4 Å². The molecule has 26 heavy (non-hydrogen) atoms. The van der Waals surface area contributed by atoms with Crippen LogP contribution in [0.25, 0.3) is 0 Å². The highest BCUT2D eigenvalue weighted by Gasteiger charge is 2.14. The van der Waals surface area contributed by atoms with E-state index in [2.05, 4.69) is 27.4 Å². The Labute approximate surface area is 158 Å². The van der Waals surface area contributed by atoms with E-state index in [4.69, 9.17) is 9.47 Å². The number of nitrogens with zero attached hydrogens (tertiary/aromatic N) is 2. The number of nitrogens with one attached hydrogen (secondary N) is 2. The minimum absolute atomic E-state index is 0.652. The van der Waals surface area contributed by atoms with Gasteiger partial charge in [-0.3, -0.25) is 4.99 Å². The van der Waals surface area contributed by atoms with E-state index < -0.39 is 0 Å². The lowest BCUT2D eigenvalue weighted by Crippen LogP contribution is -2.40. The third-order valence-electron chi connectivity index (χ3n) is 4.68. The monoisotopic (exact) mass is 362 g/mol. The van der Waals surface area contributed by atoms with Gasteiger partial charge < -0.3 is 25.0 Å². The number of anilines is 1. The van der Waals surface area contributed by atoms with Crippen molar-refractivity contribution in [2.45, 2.75) is 26.2 Å². The van der Waals surface area contributed by atoms with Gasteiger partial charge in [-0.1, -0.05) is 13.0 Å². The molecule has 1 aliphatic heterocycles. The van der Waals surface area contributed by atoms with Gasteiger partial charge in [-0.2, -0.15) is 0 Å². The Morgan fingerprint density at radius 1 is 1.27 bits per heavy atom. The highest BCUT2D eigenvalue weighted by Crippen LogP contribution is 2.17. The van der Waals surface area contributed by atoms with E-state index in [-0.39, 0.29) is 0 Å². The Morgan fingerprint density at radius 3 is 2.81 bits per heavy atom. The molecule has 0 spiro atoms. The lowest BCUT2D eigenvalue weighted by Gasteiger charge is -2.30. The zero-order valence-electron chi connectivity index (χ0n) is 16.5. The van der Waals surface area contributed by atoms with Crippen molar-refractivity contribution in [1.29, 1.82) is 0 Å². The van der Waals surface area contributed by atoms with Crippen molar-refractivity contribution in [1.82, 2.24) is 10.2 Å². The first kappa shape index (κ1) is 20.5. The van der Waals surface area contributed by atoms with Gasteiger partial charge in [0, 0.05) is 52.0 Å². The van der Waals surface area contributed by atoms with Gasteiger partial charge in [0.25, 0.3) is 0 Å². The van der Waals surface area contributed by atoms with E-state index in [0.717, 1.165) is 42.8 Å². The van der Waals surface area contributed by atoms with Crippen molar-refractivity contribution >= 4 is 11.6 Å². The lowest BCUT2D eigenvalue weighted by atomic mass is 9.99. The molecule has 1 fully saturated rings. The Morgan fingerprint density at radius 2 is 2.08 bits per heavy atom. The van der Waals surface area contributed by atoms with E-state index in [1.54, 1.807) is 14.2 Å². The molecule has 0 atom stereocenters. The molecule has 1 aliphatic rings. The van der Waals surface area contributed by atoms with Crippen LogP contribution in [0.3, 0.4) is 0 Å². The number of rotatable bonds is 9. The minimum atomic E-state index is 0.652. The van der Waals surface area contributed by atoms with Crippen LogP contribution in [0.2, 0.25) is 0 Å². The molecule has 0 saturated carbocycles. The summed E-state index contributed by atoms with van der Waals surface area (Å²) in [6.07, 6.45) is 3.50. The van der Waals surface area contributed by atoms with Gasteiger partial charge in [-0.05, 0) is 44.0 Å². The molecule has 0 radical (unpaired) electrons. The number of piperidine rings is 1. The maximum Gasteiger partial charge on any atom is 0.195 e. The summed E-state index contributed by atoms with van der Waals surface area (Å²) >= 11 is 0. The molecule has 0 amide bonds. The molecular weight excluding hydrogens is 328 g/mol. The summed E-state index contributed by atoms with van der Waals surface area (Å²) in [4.78, 5) is 6.84. The normalized spacial score (nSPS) is 16.5. The maximum atomic E-state index is 5.75. The van der Waals surface area contributed by atoms with E-state index >= 15 is 0 Å². The van der Waals surface area contributed by atoms with Crippen molar-refractivity contribution in [2.75, 3.05) is 58.9 Å². The van der Waals surface area contributed by atoms with Gasteiger partial charge in [0.05, 0.1) is 6.61 Å². The molecule has 1 saturated heterocycles. The molecule has 6 heteroatoms. The first-order valence-electron chi connectivity index (χ1n) is 9.63. The molecule has 0 aromatic heterocycles. The number of methoxy groups -OCH3 is 1. The highest BCUT2D eigenvalue weighted by atomic mass is 16.5. The predicted octanol–water partition coefficient (Wildman–Crippen LogP) is 2.82. The fraction of sp³-hybridized carbons (Fsp3) is 0.650. The summed E-state index contributed by atoms with van der Waals surface area (Å²) in [5, 5.41) is 6.73. The van der Waals surface area contributed by atoms with Crippen molar-refractivity contribution in [2.24, 2.45) is 10.9 Å². The number of aliphatic imine (C=N–C) groups is 1. The van der Waals surface area contributed by atoms with E-state index in [1.807, 2.05) is 24.3 Å². The molecule has 1 aromatic rings. The van der Waals surface area contributed by atoms with Gasteiger partial charge in [0.1, 0.15) is 5.75 Å². The number of hydrogen-bond acceptors (Lipinski definition) is 4. The molecule has 1 heterocycles. The van der Waals surface area contributed by atoms with Crippen molar-refractivity contribution in [3.63, 3.8) is 0 Å². The average Bonchev–Trinajstić information content (AvgIpc) is 2.66. The number of hydrogen-bond donors (Lipinski definition) is 2. The maximum absolute atomic E-state index is 5.75. The third-order valence-corrected chi connectivity index (χ3v) is 4.68.